The van der Waals surface area contributed by atoms with Gasteiger partial charge in [0.1, 0.15) is 5.78 Å². The summed E-state index contributed by atoms with van der Waals surface area (Å²) in [5, 5.41) is 10.1. The van der Waals surface area contributed by atoms with E-state index in [1.54, 1.807) is 0 Å². The van der Waals surface area contributed by atoms with Gasteiger partial charge in [-0.3, -0.25) is 4.79 Å². The Morgan fingerprint density at radius 3 is 2.39 bits per heavy atom. The summed E-state index contributed by atoms with van der Waals surface area (Å²) in [4.78, 5) is 12.2. The van der Waals surface area contributed by atoms with E-state index >= 15 is 0 Å². The van der Waals surface area contributed by atoms with Gasteiger partial charge in [-0.15, -0.1) is 0 Å². The lowest BCUT2D eigenvalue weighted by Gasteiger charge is -2.60. The highest BCUT2D eigenvalue weighted by molar-refractivity contribution is 5.79. The first-order valence-electron chi connectivity index (χ1n) is 10.0. The molecule has 0 spiro atoms. The van der Waals surface area contributed by atoms with Gasteiger partial charge in [0.25, 0.3) is 0 Å². The van der Waals surface area contributed by atoms with Crippen molar-refractivity contribution in [1.29, 1.82) is 0 Å². The molecule has 4 aliphatic rings. The Morgan fingerprint density at radius 1 is 0.957 bits per heavy atom. The van der Waals surface area contributed by atoms with Crippen molar-refractivity contribution in [3.05, 3.63) is 0 Å². The fourth-order valence-electron chi connectivity index (χ4n) is 7.90. The SMILES string of the molecule is CC(=O)[C@H]1CCC2[C@@H]3CC[C@H]4C[C@H](O)CC[C@]4(C)[C@H]3CC[C@@]21C.[HH]. The molecule has 4 aliphatic carbocycles. The molecule has 132 valence electrons. The monoisotopic (exact) mass is 320 g/mol. The van der Waals surface area contributed by atoms with Crippen LogP contribution in [0.2, 0.25) is 0 Å². The number of Topliss-reactive ketones (excluding diaryl/α,β-unsaturated/α-hetero) is 1. The number of aliphatic hydroxyl groups excluding tert-OH is 1. The highest BCUT2D eigenvalue weighted by Gasteiger charge is 2.60. The van der Waals surface area contributed by atoms with Crippen LogP contribution in [0.25, 0.3) is 0 Å². The second-order valence-electron chi connectivity index (χ2n) is 9.87. The van der Waals surface area contributed by atoms with E-state index in [0.29, 0.717) is 17.1 Å². The van der Waals surface area contributed by atoms with Crippen molar-refractivity contribution < 1.29 is 11.3 Å². The quantitative estimate of drug-likeness (QED) is 0.750. The van der Waals surface area contributed by atoms with E-state index < -0.39 is 0 Å². The molecule has 0 amide bonds. The zero-order valence-electron chi connectivity index (χ0n) is 15.2. The van der Waals surface area contributed by atoms with Crippen molar-refractivity contribution in [3.8, 4) is 0 Å². The molecular formula is C21H36O2. The minimum absolute atomic E-state index is 0. The average molecular weight is 321 g/mol. The van der Waals surface area contributed by atoms with Gasteiger partial charge in [0.15, 0.2) is 0 Å². The normalized spacial score (nSPS) is 55.7. The summed E-state index contributed by atoms with van der Waals surface area (Å²) >= 11 is 0. The highest BCUT2D eigenvalue weighted by Crippen LogP contribution is 2.67. The van der Waals surface area contributed by atoms with Crippen LogP contribution in [0.15, 0.2) is 0 Å². The van der Waals surface area contributed by atoms with Crippen molar-refractivity contribution in [1.82, 2.24) is 0 Å². The van der Waals surface area contributed by atoms with E-state index in [1.165, 1.54) is 38.5 Å². The van der Waals surface area contributed by atoms with Gasteiger partial charge < -0.3 is 5.11 Å². The van der Waals surface area contributed by atoms with E-state index in [9.17, 15) is 9.90 Å². The van der Waals surface area contributed by atoms with Crippen LogP contribution in [0.5, 0.6) is 0 Å². The second-order valence-corrected chi connectivity index (χ2v) is 9.87. The lowest BCUT2D eigenvalue weighted by molar-refractivity contribution is -0.138. The maximum absolute atomic E-state index is 12.2. The van der Waals surface area contributed by atoms with Crippen molar-refractivity contribution in [2.24, 2.45) is 40.4 Å². The van der Waals surface area contributed by atoms with Crippen molar-refractivity contribution in [2.75, 3.05) is 0 Å². The first-order valence-corrected chi connectivity index (χ1v) is 10.0. The van der Waals surface area contributed by atoms with E-state index in [1.807, 2.05) is 6.92 Å². The molecule has 0 aromatic rings. The fourth-order valence-corrected chi connectivity index (χ4v) is 7.90. The Kier molecular flexibility index (Phi) is 3.72. The van der Waals surface area contributed by atoms with E-state index in [0.717, 1.165) is 42.9 Å². The van der Waals surface area contributed by atoms with Crippen LogP contribution in [-0.4, -0.2) is 17.0 Å². The molecule has 1 unspecified atom stereocenters. The number of carbonyl (C=O) groups excluding carboxylic acids is 1. The zero-order chi connectivity index (χ0) is 16.4. The molecule has 4 rings (SSSR count). The summed E-state index contributed by atoms with van der Waals surface area (Å²) in [5.41, 5.74) is 0.738. The molecule has 0 bridgehead atoms. The van der Waals surface area contributed by atoms with Gasteiger partial charge in [0.05, 0.1) is 6.10 Å². The lowest BCUT2D eigenvalue weighted by atomic mass is 9.44. The lowest BCUT2D eigenvalue weighted by Crippen LogP contribution is -2.54. The summed E-state index contributed by atoms with van der Waals surface area (Å²) in [5.74, 6) is 3.97. The maximum Gasteiger partial charge on any atom is 0.133 e. The van der Waals surface area contributed by atoms with Crippen LogP contribution >= 0.6 is 0 Å². The summed E-state index contributed by atoms with van der Waals surface area (Å²) < 4.78 is 0. The molecule has 1 N–H and O–H groups in total. The number of carbonyl (C=O) groups is 1. The molecule has 0 heterocycles. The third-order valence-electron chi connectivity index (χ3n) is 9.13. The van der Waals surface area contributed by atoms with Crippen LogP contribution in [0.1, 0.15) is 80.0 Å². The largest absolute Gasteiger partial charge is 0.393 e. The number of aliphatic hydroxyl groups is 1. The third kappa shape index (κ3) is 2.19. The summed E-state index contributed by atoms with van der Waals surface area (Å²) in [6.07, 6.45) is 10.9. The molecule has 0 aromatic carbocycles. The maximum atomic E-state index is 12.2. The van der Waals surface area contributed by atoms with Crippen LogP contribution in [0.3, 0.4) is 0 Å². The standard InChI is InChI=1S/C21H34O2.H2/c1-13(22)17-6-7-18-16-5-4-14-12-15(23)8-10-20(14,2)19(16)9-11-21(17,18)3;/h14-19,23H,4-12H2,1-3H3;1H/t14-,15+,16-,17+,18?,19-,20-,21+;/m0./s1. The van der Waals surface area contributed by atoms with Gasteiger partial charge >= 0.3 is 0 Å². The minimum Gasteiger partial charge on any atom is -0.393 e. The summed E-state index contributed by atoms with van der Waals surface area (Å²) in [6.45, 7) is 6.80. The van der Waals surface area contributed by atoms with Gasteiger partial charge in [0.2, 0.25) is 0 Å². The molecule has 4 fully saturated rings. The van der Waals surface area contributed by atoms with Crippen molar-refractivity contribution >= 4 is 5.78 Å². The third-order valence-corrected chi connectivity index (χ3v) is 9.13. The molecule has 0 aromatic heterocycles. The Hall–Kier alpha value is -0.370. The van der Waals surface area contributed by atoms with Crippen LogP contribution in [0.4, 0.5) is 0 Å². The molecule has 0 aliphatic heterocycles. The predicted molar refractivity (Wildman–Crippen MR) is 94.0 cm³/mol. The molecule has 0 radical (unpaired) electrons. The molecule has 8 atom stereocenters. The Labute approximate surface area is 142 Å². The van der Waals surface area contributed by atoms with Gasteiger partial charge in [0, 0.05) is 7.34 Å². The summed E-state index contributed by atoms with van der Waals surface area (Å²) in [7, 11) is 0. The molecule has 2 heteroatoms. The van der Waals surface area contributed by atoms with Crippen LogP contribution < -0.4 is 0 Å². The number of rotatable bonds is 1. The number of fused-ring (bicyclic) bond motifs is 5. The van der Waals surface area contributed by atoms with Gasteiger partial charge in [-0.1, -0.05) is 13.8 Å². The molecule has 2 nitrogen and oxygen atoms in total. The fraction of sp³-hybridized carbons (Fsp3) is 0.952. The van der Waals surface area contributed by atoms with Gasteiger partial charge in [-0.2, -0.15) is 0 Å². The smallest absolute Gasteiger partial charge is 0.133 e. The second kappa shape index (κ2) is 5.31. The highest BCUT2D eigenvalue weighted by atomic mass is 16.3. The summed E-state index contributed by atoms with van der Waals surface area (Å²) in [6, 6.07) is 0. The molecule has 4 saturated carbocycles. The van der Waals surface area contributed by atoms with Crippen LogP contribution in [0, 0.1) is 40.4 Å². The number of hydrogen-bond acceptors (Lipinski definition) is 2. The predicted octanol–water partition coefficient (Wildman–Crippen LogP) is 4.84. The van der Waals surface area contributed by atoms with E-state index in [2.05, 4.69) is 13.8 Å². The van der Waals surface area contributed by atoms with Crippen molar-refractivity contribution in [2.45, 2.75) is 84.7 Å². The molecular weight excluding hydrogens is 284 g/mol. The molecule has 23 heavy (non-hydrogen) atoms. The molecule has 0 saturated heterocycles. The van der Waals surface area contributed by atoms with Gasteiger partial charge in [-0.05, 0) is 99.2 Å². The first-order chi connectivity index (χ1) is 10.9. The van der Waals surface area contributed by atoms with E-state index in [4.69, 9.17) is 0 Å². The Balaban J connectivity index is 0.00000169. The zero-order valence-corrected chi connectivity index (χ0v) is 15.2. The van der Waals surface area contributed by atoms with Crippen LogP contribution in [-0.2, 0) is 4.79 Å². The number of ketones is 1. The average Bonchev–Trinajstić information content (AvgIpc) is 2.85. The van der Waals surface area contributed by atoms with Gasteiger partial charge in [-0.25, -0.2) is 0 Å². The number of hydrogen-bond donors (Lipinski definition) is 1. The Morgan fingerprint density at radius 2 is 1.65 bits per heavy atom. The minimum atomic E-state index is -0.0490. The first kappa shape index (κ1) is 16.1. The van der Waals surface area contributed by atoms with E-state index in [-0.39, 0.29) is 12.9 Å². The van der Waals surface area contributed by atoms with Crippen molar-refractivity contribution in [3.63, 3.8) is 0 Å². The Bertz CT molecular complexity index is 506. The topological polar surface area (TPSA) is 37.3 Å².